The predicted octanol–water partition coefficient (Wildman–Crippen LogP) is 1.57. The molecule has 0 spiro atoms. The Labute approximate surface area is 113 Å². The molecule has 102 valence electrons. The Balaban J connectivity index is 1.71. The fraction of sp³-hybridized carbons (Fsp3) is 0.571. The van der Waals surface area contributed by atoms with Gasteiger partial charge < -0.3 is 14.5 Å². The maximum Gasteiger partial charge on any atom is 0.152 e. The van der Waals surface area contributed by atoms with Crippen LogP contribution in [0.15, 0.2) is 18.5 Å². The zero-order valence-electron chi connectivity index (χ0n) is 11.5. The molecule has 0 radical (unpaired) electrons. The molecule has 1 aliphatic heterocycles. The third-order valence-corrected chi connectivity index (χ3v) is 3.65. The highest BCUT2D eigenvalue weighted by molar-refractivity contribution is 5.11. The van der Waals surface area contributed by atoms with Crippen LogP contribution in [0.1, 0.15) is 37.0 Å². The van der Waals surface area contributed by atoms with E-state index in [-0.39, 0.29) is 0 Å². The Bertz CT molecular complexity index is 540. The monoisotopic (exact) mass is 259 g/mol. The van der Waals surface area contributed by atoms with E-state index in [4.69, 9.17) is 0 Å². The Morgan fingerprint density at radius 2 is 2.26 bits per heavy atom. The van der Waals surface area contributed by atoms with Gasteiger partial charge in [0, 0.05) is 31.9 Å². The predicted molar refractivity (Wildman–Crippen MR) is 73.9 cm³/mol. The van der Waals surface area contributed by atoms with E-state index in [1.165, 1.54) is 18.4 Å². The highest BCUT2D eigenvalue weighted by Gasteiger charge is 2.15. The van der Waals surface area contributed by atoms with Gasteiger partial charge in [0.25, 0.3) is 0 Å². The fourth-order valence-electron chi connectivity index (χ4n) is 2.61. The van der Waals surface area contributed by atoms with Crippen molar-refractivity contribution in [2.45, 2.75) is 45.8 Å². The van der Waals surface area contributed by atoms with Crippen LogP contribution in [-0.4, -0.2) is 25.9 Å². The number of hydrogen-bond acceptors (Lipinski definition) is 3. The number of aromatic nitrogens is 4. The van der Waals surface area contributed by atoms with E-state index in [1.807, 2.05) is 0 Å². The van der Waals surface area contributed by atoms with Crippen LogP contribution in [0.5, 0.6) is 0 Å². The van der Waals surface area contributed by atoms with Crippen LogP contribution in [0.25, 0.3) is 0 Å². The van der Waals surface area contributed by atoms with Gasteiger partial charge in [-0.05, 0) is 31.0 Å². The highest BCUT2D eigenvalue weighted by atomic mass is 15.3. The molecule has 0 atom stereocenters. The average Bonchev–Trinajstić information content (AvgIpc) is 3.05. The molecule has 1 aliphatic rings. The summed E-state index contributed by atoms with van der Waals surface area (Å²) in [6.07, 6.45) is 7.87. The molecule has 0 saturated heterocycles. The Hall–Kier alpha value is -1.62. The van der Waals surface area contributed by atoms with Crippen LogP contribution in [0.3, 0.4) is 0 Å². The minimum atomic E-state index is 0.819. The molecule has 3 rings (SSSR count). The van der Waals surface area contributed by atoms with Crippen molar-refractivity contribution in [3.8, 4) is 0 Å². The second-order valence-corrected chi connectivity index (χ2v) is 5.11. The quantitative estimate of drug-likeness (QED) is 0.886. The van der Waals surface area contributed by atoms with Gasteiger partial charge in [-0.15, -0.1) is 10.2 Å². The van der Waals surface area contributed by atoms with E-state index in [9.17, 15) is 0 Å². The average molecular weight is 259 g/mol. The molecule has 1 N–H and O–H groups in total. The maximum absolute atomic E-state index is 4.34. The SMILES string of the molecule is CCNCc1ccn(Cc2nnc3n2CCCC3)c1. The smallest absolute Gasteiger partial charge is 0.152 e. The number of nitrogens with one attached hydrogen (secondary N) is 1. The molecule has 0 aromatic carbocycles. The second-order valence-electron chi connectivity index (χ2n) is 5.11. The molecule has 0 aliphatic carbocycles. The van der Waals surface area contributed by atoms with Crippen LogP contribution in [0.4, 0.5) is 0 Å². The van der Waals surface area contributed by atoms with Crippen molar-refractivity contribution in [2.75, 3.05) is 6.54 Å². The van der Waals surface area contributed by atoms with Gasteiger partial charge >= 0.3 is 0 Å². The van der Waals surface area contributed by atoms with Gasteiger partial charge in [-0.2, -0.15) is 0 Å². The Morgan fingerprint density at radius 1 is 1.32 bits per heavy atom. The largest absolute Gasteiger partial charge is 0.346 e. The van der Waals surface area contributed by atoms with Crippen molar-refractivity contribution in [1.29, 1.82) is 0 Å². The molecule has 2 aromatic heterocycles. The molecule has 0 unspecified atom stereocenters. The first-order chi connectivity index (χ1) is 9.36. The number of nitrogens with zero attached hydrogens (tertiary/aromatic N) is 4. The van der Waals surface area contributed by atoms with E-state index in [2.05, 4.69) is 50.0 Å². The highest BCUT2D eigenvalue weighted by Crippen LogP contribution is 2.15. The minimum Gasteiger partial charge on any atom is -0.346 e. The van der Waals surface area contributed by atoms with Gasteiger partial charge in [-0.3, -0.25) is 0 Å². The van der Waals surface area contributed by atoms with Crippen LogP contribution < -0.4 is 5.32 Å². The van der Waals surface area contributed by atoms with Gasteiger partial charge in [0.1, 0.15) is 5.82 Å². The van der Waals surface area contributed by atoms with E-state index >= 15 is 0 Å². The molecular formula is C14H21N5. The fourth-order valence-corrected chi connectivity index (χ4v) is 2.61. The Morgan fingerprint density at radius 3 is 3.16 bits per heavy atom. The van der Waals surface area contributed by atoms with Gasteiger partial charge in [0.05, 0.1) is 6.54 Å². The number of aryl methyl sites for hydroxylation is 1. The van der Waals surface area contributed by atoms with E-state index in [0.29, 0.717) is 0 Å². The van der Waals surface area contributed by atoms with Crippen molar-refractivity contribution in [2.24, 2.45) is 0 Å². The first-order valence-electron chi connectivity index (χ1n) is 7.13. The summed E-state index contributed by atoms with van der Waals surface area (Å²) in [5.74, 6) is 2.24. The lowest BCUT2D eigenvalue weighted by atomic mass is 10.2. The second kappa shape index (κ2) is 5.57. The molecule has 0 saturated carbocycles. The summed E-state index contributed by atoms with van der Waals surface area (Å²) in [5.41, 5.74) is 1.32. The van der Waals surface area contributed by atoms with Crippen LogP contribution in [0.2, 0.25) is 0 Å². The third kappa shape index (κ3) is 2.71. The van der Waals surface area contributed by atoms with Crippen LogP contribution in [-0.2, 0) is 26.1 Å². The molecule has 3 heterocycles. The summed E-state index contributed by atoms with van der Waals surface area (Å²) in [6.45, 7) is 5.95. The molecule has 0 fully saturated rings. The number of hydrogen-bond donors (Lipinski definition) is 1. The van der Waals surface area contributed by atoms with Gasteiger partial charge in [0.15, 0.2) is 5.82 Å². The summed E-state index contributed by atoms with van der Waals surface area (Å²) >= 11 is 0. The zero-order chi connectivity index (χ0) is 13.1. The Kier molecular flexibility index (Phi) is 3.64. The van der Waals surface area contributed by atoms with E-state index in [0.717, 1.165) is 44.2 Å². The van der Waals surface area contributed by atoms with E-state index in [1.54, 1.807) is 0 Å². The molecule has 19 heavy (non-hydrogen) atoms. The first-order valence-corrected chi connectivity index (χ1v) is 7.13. The standard InChI is InChI=1S/C14H21N5/c1-2-15-9-12-6-8-18(10-12)11-14-17-16-13-5-3-4-7-19(13)14/h6,8,10,15H,2-5,7,9,11H2,1H3. The number of rotatable bonds is 5. The van der Waals surface area contributed by atoms with Crippen LogP contribution >= 0.6 is 0 Å². The molecule has 5 heteroatoms. The summed E-state index contributed by atoms with van der Waals surface area (Å²) in [4.78, 5) is 0. The normalized spacial score (nSPS) is 14.6. The van der Waals surface area contributed by atoms with Crippen molar-refractivity contribution in [3.05, 3.63) is 35.7 Å². The summed E-state index contributed by atoms with van der Waals surface area (Å²) < 4.78 is 4.48. The lowest BCUT2D eigenvalue weighted by molar-refractivity contribution is 0.502. The molecule has 5 nitrogen and oxygen atoms in total. The first kappa shape index (κ1) is 12.4. The van der Waals surface area contributed by atoms with Gasteiger partial charge in [0.2, 0.25) is 0 Å². The van der Waals surface area contributed by atoms with Gasteiger partial charge in [-0.25, -0.2) is 0 Å². The van der Waals surface area contributed by atoms with Gasteiger partial charge in [-0.1, -0.05) is 6.92 Å². The molecule has 0 bridgehead atoms. The lowest BCUT2D eigenvalue weighted by Gasteiger charge is -2.14. The van der Waals surface area contributed by atoms with Crippen molar-refractivity contribution in [3.63, 3.8) is 0 Å². The van der Waals surface area contributed by atoms with Crippen molar-refractivity contribution < 1.29 is 0 Å². The molecule has 2 aromatic rings. The topological polar surface area (TPSA) is 47.7 Å². The van der Waals surface area contributed by atoms with Crippen LogP contribution in [0, 0.1) is 0 Å². The minimum absolute atomic E-state index is 0.819. The molecular weight excluding hydrogens is 238 g/mol. The third-order valence-electron chi connectivity index (χ3n) is 3.65. The number of fused-ring (bicyclic) bond motifs is 1. The summed E-state index contributed by atoms with van der Waals surface area (Å²) in [5, 5.41) is 12.0. The molecule has 0 amide bonds. The maximum atomic E-state index is 4.34. The van der Waals surface area contributed by atoms with Crippen molar-refractivity contribution in [1.82, 2.24) is 24.6 Å². The lowest BCUT2D eigenvalue weighted by Crippen LogP contribution is -2.15. The zero-order valence-corrected chi connectivity index (χ0v) is 11.5. The van der Waals surface area contributed by atoms with Crippen molar-refractivity contribution >= 4 is 0 Å². The summed E-state index contributed by atoms with van der Waals surface area (Å²) in [6, 6.07) is 2.16. The summed E-state index contributed by atoms with van der Waals surface area (Å²) in [7, 11) is 0. The van der Waals surface area contributed by atoms with E-state index < -0.39 is 0 Å².